The van der Waals surface area contributed by atoms with Gasteiger partial charge in [0.1, 0.15) is 13.2 Å². The molecule has 0 fully saturated rings. The zero-order valence-corrected chi connectivity index (χ0v) is 43.9. The van der Waals surface area contributed by atoms with E-state index < -0.39 is 6.10 Å². The number of allylic oxidation sites excluding steroid dienone is 14. The molecule has 6 nitrogen and oxygen atoms in total. The molecule has 384 valence electrons. The minimum Gasteiger partial charge on any atom is -0.462 e. The largest absolute Gasteiger partial charge is 0.462 e. The summed E-state index contributed by atoms with van der Waals surface area (Å²) in [5, 5.41) is 0. The van der Waals surface area contributed by atoms with Crippen LogP contribution in [0.2, 0.25) is 0 Å². The van der Waals surface area contributed by atoms with Crippen molar-refractivity contribution in [3.05, 3.63) is 85.1 Å². The molecule has 6 heteroatoms. The van der Waals surface area contributed by atoms with Crippen LogP contribution >= 0.6 is 0 Å². The minimum atomic E-state index is -0.767. The number of ether oxygens (including phenoxy) is 3. The van der Waals surface area contributed by atoms with E-state index in [9.17, 15) is 14.4 Å². The summed E-state index contributed by atoms with van der Waals surface area (Å²) < 4.78 is 16.6. The van der Waals surface area contributed by atoms with E-state index in [1.165, 1.54) is 122 Å². The van der Waals surface area contributed by atoms with E-state index >= 15 is 0 Å². The molecule has 0 aromatic heterocycles. The van der Waals surface area contributed by atoms with Crippen molar-refractivity contribution in [2.45, 2.75) is 271 Å². The third kappa shape index (κ3) is 53.4. The molecular weight excluding hydrogens is 829 g/mol. The second kappa shape index (κ2) is 55.2. The Bertz CT molecular complexity index is 1300. The first-order chi connectivity index (χ1) is 33.0. The highest BCUT2D eigenvalue weighted by Gasteiger charge is 2.19. The monoisotopic (exact) mass is 933 g/mol. The zero-order valence-electron chi connectivity index (χ0n) is 43.9. The molecule has 0 saturated carbocycles. The molecule has 0 aromatic rings. The van der Waals surface area contributed by atoms with Gasteiger partial charge in [0.15, 0.2) is 6.10 Å². The van der Waals surface area contributed by atoms with Crippen LogP contribution in [0, 0.1) is 0 Å². The van der Waals surface area contributed by atoms with E-state index in [0.29, 0.717) is 19.3 Å². The first-order valence-corrected chi connectivity index (χ1v) is 28.1. The number of unbranched alkanes of at least 4 members (excludes halogenated alkanes) is 25. The Morgan fingerprint density at radius 2 is 0.582 bits per heavy atom. The standard InChI is InChI=1S/C61H104O6/c1-4-7-10-13-16-18-19-20-21-22-23-24-25-26-27-28-29-30-31-32-33-34-35-36-37-38-39-40-41-42-43-44-46-48-51-54-60(63)66-57-58(56-65-59(62)53-50-47-15-12-9-6-3)67-61(64)55-52-49-45-17-14-11-8-5-2/h7,10,16,18,20-21,23-24,26-27,29-30,32-33,58H,4-6,8-9,11-15,17,19,22,25,28,31,34-57H2,1-3H3/b10-7-,18-16-,21-20-,24-23-,27-26-,30-29-,33-32-. The Morgan fingerprint density at radius 3 is 0.910 bits per heavy atom. The summed E-state index contributed by atoms with van der Waals surface area (Å²) in [4.78, 5) is 37.6. The maximum absolute atomic E-state index is 12.6. The molecule has 0 N–H and O–H groups in total. The molecule has 0 bridgehead atoms. The molecule has 1 atom stereocenters. The lowest BCUT2D eigenvalue weighted by Gasteiger charge is -2.18. The predicted molar refractivity (Wildman–Crippen MR) is 288 cm³/mol. The Hall–Kier alpha value is -3.41. The summed E-state index contributed by atoms with van der Waals surface area (Å²) in [5.74, 6) is -0.886. The van der Waals surface area contributed by atoms with Gasteiger partial charge in [-0.05, 0) is 77.0 Å². The molecule has 0 radical (unpaired) electrons. The Morgan fingerprint density at radius 1 is 0.313 bits per heavy atom. The van der Waals surface area contributed by atoms with Gasteiger partial charge in [-0.25, -0.2) is 0 Å². The van der Waals surface area contributed by atoms with Gasteiger partial charge in [0, 0.05) is 19.3 Å². The van der Waals surface area contributed by atoms with Crippen molar-refractivity contribution in [1.29, 1.82) is 0 Å². The van der Waals surface area contributed by atoms with Gasteiger partial charge in [-0.15, -0.1) is 0 Å². The van der Waals surface area contributed by atoms with E-state index in [4.69, 9.17) is 14.2 Å². The van der Waals surface area contributed by atoms with Gasteiger partial charge < -0.3 is 14.2 Å². The van der Waals surface area contributed by atoms with Gasteiger partial charge >= 0.3 is 17.9 Å². The average molecular weight is 933 g/mol. The molecule has 0 spiro atoms. The highest BCUT2D eigenvalue weighted by Crippen LogP contribution is 2.15. The van der Waals surface area contributed by atoms with Crippen LogP contribution in [0.5, 0.6) is 0 Å². The maximum Gasteiger partial charge on any atom is 0.306 e. The number of hydrogen-bond acceptors (Lipinski definition) is 6. The van der Waals surface area contributed by atoms with Crippen molar-refractivity contribution < 1.29 is 28.6 Å². The molecule has 0 rings (SSSR count). The summed E-state index contributed by atoms with van der Waals surface area (Å²) in [6.45, 7) is 6.43. The van der Waals surface area contributed by atoms with Crippen LogP contribution in [0.4, 0.5) is 0 Å². The number of hydrogen-bond donors (Lipinski definition) is 0. The molecule has 0 aliphatic carbocycles. The van der Waals surface area contributed by atoms with E-state index in [-0.39, 0.29) is 31.1 Å². The van der Waals surface area contributed by atoms with Crippen molar-refractivity contribution in [2.75, 3.05) is 13.2 Å². The van der Waals surface area contributed by atoms with Crippen molar-refractivity contribution in [1.82, 2.24) is 0 Å². The van der Waals surface area contributed by atoms with Gasteiger partial charge in [-0.1, -0.05) is 254 Å². The lowest BCUT2D eigenvalue weighted by Crippen LogP contribution is -2.30. The first-order valence-electron chi connectivity index (χ1n) is 28.1. The summed E-state index contributed by atoms with van der Waals surface area (Å²) in [6.07, 6.45) is 72.1. The Labute approximate surface area is 414 Å². The molecule has 67 heavy (non-hydrogen) atoms. The quantitative estimate of drug-likeness (QED) is 0.0262. The smallest absolute Gasteiger partial charge is 0.306 e. The maximum atomic E-state index is 12.6. The van der Waals surface area contributed by atoms with Crippen LogP contribution in [-0.4, -0.2) is 37.2 Å². The molecule has 0 aromatic carbocycles. The van der Waals surface area contributed by atoms with Crippen LogP contribution in [0.3, 0.4) is 0 Å². The van der Waals surface area contributed by atoms with Gasteiger partial charge in [-0.3, -0.25) is 14.4 Å². The van der Waals surface area contributed by atoms with Crippen molar-refractivity contribution >= 4 is 17.9 Å². The number of carbonyl (C=O) groups excluding carboxylic acids is 3. The first kappa shape index (κ1) is 63.6. The Balaban J connectivity index is 3.90. The van der Waals surface area contributed by atoms with Crippen LogP contribution < -0.4 is 0 Å². The third-order valence-corrected chi connectivity index (χ3v) is 11.9. The molecule has 0 heterocycles. The van der Waals surface area contributed by atoms with E-state index in [1.54, 1.807) is 0 Å². The minimum absolute atomic E-state index is 0.0732. The van der Waals surface area contributed by atoms with Gasteiger partial charge in [-0.2, -0.15) is 0 Å². The molecule has 0 amide bonds. The highest BCUT2D eigenvalue weighted by atomic mass is 16.6. The normalized spacial score (nSPS) is 12.7. The molecule has 1 unspecified atom stereocenters. The van der Waals surface area contributed by atoms with Crippen molar-refractivity contribution in [3.8, 4) is 0 Å². The second-order valence-electron chi connectivity index (χ2n) is 18.5. The molecule has 0 saturated heterocycles. The lowest BCUT2D eigenvalue weighted by atomic mass is 10.0. The summed E-state index contributed by atoms with van der Waals surface area (Å²) in [5.41, 5.74) is 0. The van der Waals surface area contributed by atoms with Gasteiger partial charge in [0.2, 0.25) is 0 Å². The van der Waals surface area contributed by atoms with Gasteiger partial charge in [0.25, 0.3) is 0 Å². The van der Waals surface area contributed by atoms with E-state index in [0.717, 1.165) is 103 Å². The summed E-state index contributed by atoms with van der Waals surface area (Å²) in [6, 6.07) is 0. The lowest BCUT2D eigenvalue weighted by molar-refractivity contribution is -0.167. The number of esters is 3. The van der Waals surface area contributed by atoms with Crippen molar-refractivity contribution in [2.24, 2.45) is 0 Å². The summed E-state index contributed by atoms with van der Waals surface area (Å²) in [7, 11) is 0. The van der Waals surface area contributed by atoms with Gasteiger partial charge in [0.05, 0.1) is 0 Å². The average Bonchev–Trinajstić information content (AvgIpc) is 3.33. The molecular formula is C61H104O6. The van der Waals surface area contributed by atoms with Crippen LogP contribution in [0.25, 0.3) is 0 Å². The fraction of sp³-hybridized carbons (Fsp3) is 0.721. The topological polar surface area (TPSA) is 78.9 Å². The fourth-order valence-corrected chi connectivity index (χ4v) is 7.72. The van der Waals surface area contributed by atoms with Crippen LogP contribution in [0.1, 0.15) is 265 Å². The number of carbonyl (C=O) groups is 3. The SMILES string of the molecule is CC/C=C\C/C=C\C/C=C\C/C=C\C/C=C\C/C=C\C/C=C\CCCCCCCCCCCCCCCC(=O)OCC(COC(=O)CCCCCCCC)OC(=O)CCCCCCCCCC. The second-order valence-corrected chi connectivity index (χ2v) is 18.5. The zero-order chi connectivity index (χ0) is 48.6. The Kier molecular flexibility index (Phi) is 52.4. The van der Waals surface area contributed by atoms with E-state index in [2.05, 4.69) is 106 Å². The van der Waals surface area contributed by atoms with E-state index in [1.807, 2.05) is 0 Å². The third-order valence-electron chi connectivity index (χ3n) is 11.9. The summed E-state index contributed by atoms with van der Waals surface area (Å²) >= 11 is 0. The van der Waals surface area contributed by atoms with Crippen LogP contribution in [0.15, 0.2) is 85.1 Å². The fourth-order valence-electron chi connectivity index (χ4n) is 7.72. The molecule has 0 aliphatic heterocycles. The predicted octanol–water partition coefficient (Wildman–Crippen LogP) is 18.8. The van der Waals surface area contributed by atoms with Crippen LogP contribution in [-0.2, 0) is 28.6 Å². The van der Waals surface area contributed by atoms with Crippen molar-refractivity contribution in [3.63, 3.8) is 0 Å². The molecule has 0 aliphatic rings. The highest BCUT2D eigenvalue weighted by molar-refractivity contribution is 5.71. The number of rotatable bonds is 50.